The number of alkyl halides is 1. The summed E-state index contributed by atoms with van der Waals surface area (Å²) in [6, 6.07) is 1.49. The lowest BCUT2D eigenvalue weighted by atomic mass is 10.2. The Labute approximate surface area is 96.6 Å². The van der Waals surface area contributed by atoms with Crippen molar-refractivity contribution in [2.45, 2.75) is 24.9 Å². The Morgan fingerprint density at radius 1 is 1.76 bits per heavy atom. The first-order chi connectivity index (χ1) is 8.15. The third kappa shape index (κ3) is 2.29. The molecule has 1 aliphatic rings. The van der Waals surface area contributed by atoms with Crippen LogP contribution in [0.25, 0.3) is 0 Å². The van der Waals surface area contributed by atoms with Gasteiger partial charge in [-0.05, 0) is 0 Å². The summed E-state index contributed by atoms with van der Waals surface area (Å²) in [5.41, 5.74) is -0.569. The summed E-state index contributed by atoms with van der Waals surface area (Å²) in [5, 5.41) is 8.86. The van der Waals surface area contributed by atoms with E-state index in [0.717, 1.165) is 0 Å². The molecule has 3 atom stereocenters. The van der Waals surface area contributed by atoms with Gasteiger partial charge in [0.1, 0.15) is 18.5 Å². The van der Waals surface area contributed by atoms with Crippen molar-refractivity contribution >= 4 is 0 Å². The van der Waals surface area contributed by atoms with E-state index in [2.05, 4.69) is 4.98 Å². The third-order valence-corrected chi connectivity index (χ3v) is 2.67. The van der Waals surface area contributed by atoms with Crippen LogP contribution in [0, 0.1) is 0 Å². The van der Waals surface area contributed by atoms with Crippen molar-refractivity contribution in [3.05, 3.63) is 22.7 Å². The highest BCUT2D eigenvalue weighted by atomic mass is 19.1. The van der Waals surface area contributed by atoms with Crippen molar-refractivity contribution < 1.29 is 19.0 Å². The monoisotopic (exact) mass is 244 g/mol. The SMILES string of the molecule is COc1ccn([C@H]2C[C@H](F)[C@@H](CO)O2)c(=O)n1. The quantitative estimate of drug-likeness (QED) is 0.801. The first-order valence-electron chi connectivity index (χ1n) is 5.19. The van der Waals surface area contributed by atoms with E-state index in [1.807, 2.05) is 0 Å². The highest BCUT2D eigenvalue weighted by Crippen LogP contribution is 2.29. The molecule has 1 N–H and O–H groups in total. The molecule has 2 heterocycles. The summed E-state index contributed by atoms with van der Waals surface area (Å²) in [4.78, 5) is 15.2. The van der Waals surface area contributed by atoms with E-state index in [-0.39, 0.29) is 12.3 Å². The fourth-order valence-corrected chi connectivity index (χ4v) is 1.75. The minimum atomic E-state index is -1.28. The fraction of sp³-hybridized carbons (Fsp3) is 0.600. The number of aliphatic hydroxyl groups is 1. The largest absolute Gasteiger partial charge is 0.481 e. The molecule has 0 bridgehead atoms. The molecule has 2 rings (SSSR count). The Kier molecular flexibility index (Phi) is 3.39. The van der Waals surface area contributed by atoms with Gasteiger partial charge in [-0.15, -0.1) is 0 Å². The normalized spacial score (nSPS) is 28.3. The molecule has 1 aromatic rings. The van der Waals surface area contributed by atoms with Crippen LogP contribution in [-0.4, -0.2) is 40.6 Å². The van der Waals surface area contributed by atoms with Crippen molar-refractivity contribution in [3.8, 4) is 5.88 Å². The zero-order valence-corrected chi connectivity index (χ0v) is 9.25. The number of nitrogens with zero attached hydrogens (tertiary/aromatic N) is 2. The summed E-state index contributed by atoms with van der Waals surface area (Å²) in [6.07, 6.45) is -1.43. The van der Waals surface area contributed by atoms with E-state index in [1.165, 1.54) is 23.9 Å². The van der Waals surface area contributed by atoms with Crippen molar-refractivity contribution in [2.24, 2.45) is 0 Å². The number of hydrogen-bond donors (Lipinski definition) is 1. The Bertz CT molecular complexity index is 450. The van der Waals surface area contributed by atoms with Gasteiger partial charge in [0.2, 0.25) is 5.88 Å². The molecule has 1 saturated heterocycles. The molecule has 94 valence electrons. The Morgan fingerprint density at radius 2 is 2.53 bits per heavy atom. The lowest BCUT2D eigenvalue weighted by Gasteiger charge is -2.14. The highest BCUT2D eigenvalue weighted by molar-refractivity contribution is 5.05. The summed E-state index contributed by atoms with van der Waals surface area (Å²) < 4.78 is 24.6. The first-order valence-corrected chi connectivity index (χ1v) is 5.19. The minimum Gasteiger partial charge on any atom is -0.481 e. The van der Waals surface area contributed by atoms with Gasteiger partial charge in [-0.2, -0.15) is 4.98 Å². The molecule has 1 aromatic heterocycles. The van der Waals surface area contributed by atoms with Gasteiger partial charge in [0.05, 0.1) is 13.7 Å². The van der Waals surface area contributed by atoms with Crippen LogP contribution >= 0.6 is 0 Å². The molecule has 7 heteroatoms. The lowest BCUT2D eigenvalue weighted by Crippen LogP contribution is -2.27. The van der Waals surface area contributed by atoms with Crippen molar-refractivity contribution in [1.29, 1.82) is 0 Å². The molecular weight excluding hydrogens is 231 g/mol. The molecule has 0 unspecified atom stereocenters. The smallest absolute Gasteiger partial charge is 0.352 e. The zero-order chi connectivity index (χ0) is 12.4. The molecule has 0 radical (unpaired) electrons. The second-order valence-corrected chi connectivity index (χ2v) is 3.72. The van der Waals surface area contributed by atoms with Crippen molar-refractivity contribution in [3.63, 3.8) is 0 Å². The molecule has 0 amide bonds. The van der Waals surface area contributed by atoms with Gasteiger partial charge >= 0.3 is 5.69 Å². The van der Waals surface area contributed by atoms with Crippen molar-refractivity contribution in [2.75, 3.05) is 13.7 Å². The maximum atomic E-state index is 13.4. The number of halogens is 1. The molecule has 0 spiro atoms. The summed E-state index contributed by atoms with van der Waals surface area (Å²) in [5.74, 6) is 0.194. The standard InChI is InChI=1S/C10H13FN2O4/c1-16-8-2-3-13(10(15)12-8)9-4-6(11)7(5-14)17-9/h2-3,6-7,9,14H,4-5H2,1H3/t6-,7+,9+/m0/s1. The van der Waals surface area contributed by atoms with Crippen LogP contribution in [-0.2, 0) is 4.74 Å². The van der Waals surface area contributed by atoms with E-state index < -0.39 is 30.8 Å². The summed E-state index contributed by atoms with van der Waals surface area (Å²) in [6.45, 7) is -0.407. The highest BCUT2D eigenvalue weighted by Gasteiger charge is 2.36. The van der Waals surface area contributed by atoms with Crippen LogP contribution in [0.5, 0.6) is 5.88 Å². The van der Waals surface area contributed by atoms with Crippen LogP contribution in [0.1, 0.15) is 12.6 Å². The van der Waals surface area contributed by atoms with E-state index in [1.54, 1.807) is 0 Å². The van der Waals surface area contributed by atoms with Crippen LogP contribution in [0.2, 0.25) is 0 Å². The number of hydrogen-bond acceptors (Lipinski definition) is 5. The van der Waals surface area contributed by atoms with Gasteiger partial charge in [-0.1, -0.05) is 0 Å². The molecule has 1 fully saturated rings. The molecule has 0 aromatic carbocycles. The fourth-order valence-electron chi connectivity index (χ4n) is 1.75. The van der Waals surface area contributed by atoms with Crippen LogP contribution in [0.3, 0.4) is 0 Å². The van der Waals surface area contributed by atoms with Crippen LogP contribution in [0.4, 0.5) is 4.39 Å². The maximum Gasteiger partial charge on any atom is 0.352 e. The van der Waals surface area contributed by atoms with Gasteiger partial charge in [0.25, 0.3) is 0 Å². The second-order valence-electron chi connectivity index (χ2n) is 3.72. The molecule has 6 nitrogen and oxygen atoms in total. The van der Waals surface area contributed by atoms with Gasteiger partial charge in [-0.25, -0.2) is 9.18 Å². The first kappa shape index (κ1) is 12.0. The number of rotatable bonds is 3. The van der Waals surface area contributed by atoms with E-state index in [0.29, 0.717) is 0 Å². The van der Waals surface area contributed by atoms with Crippen LogP contribution in [0.15, 0.2) is 17.1 Å². The summed E-state index contributed by atoms with van der Waals surface area (Å²) >= 11 is 0. The molecule has 0 aliphatic carbocycles. The molecule has 17 heavy (non-hydrogen) atoms. The van der Waals surface area contributed by atoms with Gasteiger partial charge in [-0.3, -0.25) is 4.57 Å². The summed E-state index contributed by atoms with van der Waals surface area (Å²) in [7, 11) is 1.40. The Hall–Kier alpha value is -1.47. The second kappa shape index (κ2) is 4.80. The van der Waals surface area contributed by atoms with Gasteiger partial charge in [0.15, 0.2) is 0 Å². The maximum absolute atomic E-state index is 13.4. The molecule has 1 aliphatic heterocycles. The number of aromatic nitrogens is 2. The topological polar surface area (TPSA) is 73.6 Å². The van der Waals surface area contributed by atoms with Crippen molar-refractivity contribution in [1.82, 2.24) is 9.55 Å². The average molecular weight is 244 g/mol. The number of aliphatic hydroxyl groups excluding tert-OH is 1. The lowest BCUT2D eigenvalue weighted by molar-refractivity contribution is -0.0356. The number of methoxy groups -OCH3 is 1. The average Bonchev–Trinajstić information content (AvgIpc) is 2.70. The minimum absolute atomic E-state index is 0.0269. The molecule has 0 saturated carbocycles. The van der Waals surface area contributed by atoms with E-state index in [4.69, 9.17) is 14.6 Å². The third-order valence-electron chi connectivity index (χ3n) is 2.67. The predicted octanol–water partition coefficient (Wildman–Crippen LogP) is -0.130. The zero-order valence-electron chi connectivity index (χ0n) is 9.25. The Morgan fingerprint density at radius 3 is 3.06 bits per heavy atom. The predicted molar refractivity (Wildman–Crippen MR) is 55.6 cm³/mol. The van der Waals surface area contributed by atoms with Gasteiger partial charge in [0, 0.05) is 18.7 Å². The Balaban J connectivity index is 2.22. The van der Waals surface area contributed by atoms with Crippen LogP contribution < -0.4 is 10.4 Å². The van der Waals surface area contributed by atoms with E-state index in [9.17, 15) is 9.18 Å². The van der Waals surface area contributed by atoms with E-state index >= 15 is 0 Å². The molecular formula is C10H13FN2O4. The number of ether oxygens (including phenoxy) is 2. The van der Waals surface area contributed by atoms with Gasteiger partial charge < -0.3 is 14.6 Å².